The Morgan fingerprint density at radius 3 is 1.09 bits per heavy atom. The summed E-state index contributed by atoms with van der Waals surface area (Å²) in [6, 6.07) is 8.43. The number of hydrogen-bond donors (Lipinski definition) is 1. The highest BCUT2D eigenvalue weighted by Crippen LogP contribution is 2.39. The molecule has 4 nitrogen and oxygen atoms in total. The van der Waals surface area contributed by atoms with Gasteiger partial charge in [-0.1, -0.05) is 219 Å². The number of aliphatic hydroxyl groups excluding tert-OH is 1. The molecule has 2 aliphatic rings. The largest absolute Gasteiger partial charge is 0.506 e. The molecular weight excluding hydrogens is 709 g/mol. The van der Waals surface area contributed by atoms with E-state index in [1.807, 2.05) is 55.1 Å². The highest BCUT2D eigenvalue weighted by molar-refractivity contribution is 6.39. The van der Waals surface area contributed by atoms with Crippen LogP contribution >= 0.6 is 0 Å². The van der Waals surface area contributed by atoms with Gasteiger partial charge in [0, 0.05) is 30.9 Å². The Morgan fingerprint density at radius 2 is 0.776 bits per heavy atom. The number of rotatable bonds is 36. The number of nitrogens with zero attached hydrogens (tertiary/aromatic N) is 2. The quantitative estimate of drug-likeness (QED) is 0.0418. The predicted molar refractivity (Wildman–Crippen MR) is 255 cm³/mol. The van der Waals surface area contributed by atoms with Crippen LogP contribution in [0.4, 0.5) is 5.69 Å². The van der Waals surface area contributed by atoms with E-state index in [0.717, 1.165) is 29.9 Å². The number of benzene rings is 1. The molecular formula is C54H89N2O2+. The van der Waals surface area contributed by atoms with Crippen LogP contribution in [0.5, 0.6) is 0 Å². The van der Waals surface area contributed by atoms with Gasteiger partial charge in [-0.3, -0.25) is 4.79 Å². The third kappa shape index (κ3) is 19.9. The van der Waals surface area contributed by atoms with Crippen LogP contribution in [-0.2, 0) is 4.79 Å². The fourth-order valence-electron chi connectivity index (χ4n) is 8.77. The van der Waals surface area contributed by atoms with Crippen molar-refractivity contribution >= 4 is 22.8 Å². The molecule has 0 radical (unpaired) electrons. The summed E-state index contributed by atoms with van der Waals surface area (Å²) in [6.07, 6.45) is 52.4. The number of anilines is 1. The van der Waals surface area contributed by atoms with Gasteiger partial charge < -0.3 is 10.0 Å². The first-order valence-electron chi connectivity index (χ1n) is 25.0. The predicted octanol–water partition coefficient (Wildman–Crippen LogP) is 16.0. The van der Waals surface area contributed by atoms with E-state index < -0.39 is 0 Å². The van der Waals surface area contributed by atoms with Gasteiger partial charge in [0.05, 0.1) is 11.1 Å². The minimum atomic E-state index is -0.0685. The van der Waals surface area contributed by atoms with Gasteiger partial charge in [-0.2, -0.15) is 0 Å². The van der Waals surface area contributed by atoms with Crippen molar-refractivity contribution < 1.29 is 14.5 Å². The highest BCUT2D eigenvalue weighted by Gasteiger charge is 2.36. The summed E-state index contributed by atoms with van der Waals surface area (Å²) >= 11 is 0. The van der Waals surface area contributed by atoms with Crippen LogP contribution in [0.2, 0.25) is 0 Å². The van der Waals surface area contributed by atoms with Crippen molar-refractivity contribution in [3.63, 3.8) is 0 Å². The van der Waals surface area contributed by atoms with E-state index in [1.54, 1.807) is 0 Å². The average molecular weight is 798 g/mol. The van der Waals surface area contributed by atoms with Crippen LogP contribution in [0.1, 0.15) is 225 Å². The standard InChI is InChI=1S/C54H88N2O2/c1-5-7-9-11-13-15-17-19-21-23-25-27-29-31-33-35-45-56(46-36-34-32-30-28-26-24-22-20-18-16-14-12-10-8-6-2)50-43-39-48(40-44-50)52-53(57)51(54(52)58)47-37-41-49(42-38-47)55(3)4/h37-44H,5-36,45-46H2,1-4H3/p+1. The molecule has 3 rings (SSSR count). The number of aliphatic hydroxyl groups is 1. The SMILES string of the molecule is CCCCCCCCCCCCCCCCCCN(CCCCCCCCCCCCCCCCCC)c1ccc(C2=C(O)C(=C3C=CC(=[N+](C)C)C=C3)C2=O)cc1. The van der Waals surface area contributed by atoms with Crippen molar-refractivity contribution in [2.45, 2.75) is 219 Å². The maximum atomic E-state index is 13.3. The Morgan fingerprint density at radius 1 is 0.448 bits per heavy atom. The second-order valence-electron chi connectivity index (χ2n) is 18.0. The molecule has 0 spiro atoms. The lowest BCUT2D eigenvalue weighted by Gasteiger charge is -2.27. The van der Waals surface area contributed by atoms with Crippen LogP contribution in [0, 0.1) is 0 Å². The van der Waals surface area contributed by atoms with E-state index in [0.29, 0.717) is 11.1 Å². The molecule has 2 aliphatic carbocycles. The number of hydrogen-bond acceptors (Lipinski definition) is 3. The monoisotopic (exact) mass is 798 g/mol. The lowest BCUT2D eigenvalue weighted by molar-refractivity contribution is -0.462. The molecule has 0 amide bonds. The third-order valence-corrected chi connectivity index (χ3v) is 12.7. The highest BCUT2D eigenvalue weighted by atomic mass is 16.3. The molecule has 4 heteroatoms. The first-order valence-corrected chi connectivity index (χ1v) is 25.0. The Balaban J connectivity index is 1.39. The summed E-state index contributed by atoms with van der Waals surface area (Å²) in [4.78, 5) is 15.9. The second-order valence-corrected chi connectivity index (χ2v) is 18.0. The van der Waals surface area contributed by atoms with Crippen molar-refractivity contribution in [2.24, 2.45) is 0 Å². The zero-order valence-electron chi connectivity index (χ0n) is 38.4. The van der Waals surface area contributed by atoms with E-state index in [-0.39, 0.29) is 11.5 Å². The molecule has 0 saturated carbocycles. The minimum absolute atomic E-state index is 0.0685. The summed E-state index contributed by atoms with van der Waals surface area (Å²) in [5.41, 5.74) is 4.76. The van der Waals surface area contributed by atoms with E-state index in [9.17, 15) is 9.90 Å². The Hall–Kier alpha value is -2.88. The van der Waals surface area contributed by atoms with Crippen molar-refractivity contribution in [3.05, 3.63) is 71.0 Å². The fraction of sp³-hybridized carbons (Fsp3) is 0.704. The van der Waals surface area contributed by atoms with Crippen molar-refractivity contribution in [1.29, 1.82) is 0 Å². The molecule has 0 bridgehead atoms. The van der Waals surface area contributed by atoms with Crippen LogP contribution in [-0.4, -0.2) is 48.4 Å². The Bertz CT molecular complexity index is 1350. The van der Waals surface area contributed by atoms with Gasteiger partial charge in [-0.05, 0) is 48.3 Å². The molecule has 1 aromatic carbocycles. The number of carbonyl (C=O) groups excluding carboxylic acids is 1. The van der Waals surface area contributed by atoms with Crippen molar-refractivity contribution in [3.8, 4) is 0 Å². The fourth-order valence-corrected chi connectivity index (χ4v) is 8.77. The summed E-state index contributed by atoms with van der Waals surface area (Å²) in [5.74, 6) is 0.0505. The molecule has 0 aliphatic heterocycles. The molecule has 0 fully saturated rings. The van der Waals surface area contributed by atoms with E-state index in [2.05, 4.69) is 30.9 Å². The van der Waals surface area contributed by atoms with Gasteiger partial charge in [0.2, 0.25) is 5.78 Å². The van der Waals surface area contributed by atoms with Gasteiger partial charge in [-0.15, -0.1) is 0 Å². The normalized spacial score (nSPS) is 13.9. The van der Waals surface area contributed by atoms with Crippen LogP contribution in [0.25, 0.3) is 5.57 Å². The number of ketones is 1. The Kier molecular flexibility index (Phi) is 27.3. The molecule has 58 heavy (non-hydrogen) atoms. The molecule has 0 heterocycles. The van der Waals surface area contributed by atoms with Crippen LogP contribution in [0.15, 0.2) is 65.5 Å². The summed E-state index contributed by atoms with van der Waals surface area (Å²) in [7, 11) is 4.00. The zero-order valence-corrected chi connectivity index (χ0v) is 38.4. The van der Waals surface area contributed by atoms with E-state index in [1.165, 1.54) is 211 Å². The molecule has 326 valence electrons. The summed E-state index contributed by atoms with van der Waals surface area (Å²) in [5, 5.41) is 11.0. The van der Waals surface area contributed by atoms with Gasteiger partial charge in [0.25, 0.3) is 0 Å². The van der Waals surface area contributed by atoms with Crippen molar-refractivity contribution in [1.82, 2.24) is 0 Å². The third-order valence-electron chi connectivity index (χ3n) is 12.7. The van der Waals surface area contributed by atoms with Crippen molar-refractivity contribution in [2.75, 3.05) is 32.1 Å². The van der Waals surface area contributed by atoms with Crippen LogP contribution in [0.3, 0.4) is 0 Å². The van der Waals surface area contributed by atoms with Gasteiger partial charge >= 0.3 is 0 Å². The van der Waals surface area contributed by atoms with Gasteiger partial charge in [-0.25, -0.2) is 4.58 Å². The topological polar surface area (TPSA) is 43.5 Å². The lowest BCUT2D eigenvalue weighted by atomic mass is 9.80. The molecule has 0 saturated heterocycles. The summed E-state index contributed by atoms with van der Waals surface area (Å²) in [6.45, 7) is 6.77. The number of Topliss-reactive ketones (excluding diaryl/α,β-unsaturated/α-hetero) is 1. The van der Waals surface area contributed by atoms with E-state index >= 15 is 0 Å². The number of allylic oxidation sites excluding steroid dienone is 7. The molecule has 1 aromatic rings. The van der Waals surface area contributed by atoms with E-state index in [4.69, 9.17) is 0 Å². The molecule has 0 aromatic heterocycles. The lowest BCUT2D eigenvalue weighted by Crippen LogP contribution is -2.26. The smallest absolute Gasteiger partial charge is 0.201 e. The summed E-state index contributed by atoms with van der Waals surface area (Å²) < 4.78 is 2.03. The first-order chi connectivity index (χ1) is 28.5. The maximum absolute atomic E-state index is 13.3. The maximum Gasteiger partial charge on any atom is 0.201 e. The Labute approximate surface area is 358 Å². The van der Waals surface area contributed by atoms with Crippen LogP contribution < -0.4 is 4.90 Å². The molecule has 0 atom stereocenters. The minimum Gasteiger partial charge on any atom is -0.506 e. The van der Waals surface area contributed by atoms with Gasteiger partial charge in [0.1, 0.15) is 19.9 Å². The molecule has 0 unspecified atom stereocenters. The average Bonchev–Trinajstić information content (AvgIpc) is 3.23. The number of carbonyl (C=O) groups is 1. The van der Waals surface area contributed by atoms with Gasteiger partial charge in [0.15, 0.2) is 5.71 Å². The second kappa shape index (κ2) is 32.0. The zero-order chi connectivity index (χ0) is 41.5. The number of unbranched alkanes of at least 4 members (excludes halogenated alkanes) is 30. The molecule has 1 N–H and O–H groups in total. The first kappa shape index (κ1) is 49.5.